The monoisotopic (exact) mass is 525 g/mol. The van der Waals surface area contributed by atoms with Crippen LogP contribution in [0.15, 0.2) is 59.1 Å². The molecule has 0 bridgehead atoms. The lowest BCUT2D eigenvalue weighted by Gasteiger charge is -2.33. The highest BCUT2D eigenvalue weighted by Crippen LogP contribution is 2.46. The number of esters is 2. The van der Waals surface area contributed by atoms with Crippen LogP contribution in [0.25, 0.3) is 22.2 Å². The lowest BCUT2D eigenvalue weighted by atomic mass is 9.86. The normalized spacial score (nSPS) is 14.7. The molecular formula is C30H27N3O6. The van der Waals surface area contributed by atoms with Crippen LogP contribution in [-0.2, 0) is 14.3 Å². The summed E-state index contributed by atoms with van der Waals surface area (Å²) in [5.41, 5.74) is 4.93. The number of ether oxygens (including phenoxy) is 2. The van der Waals surface area contributed by atoms with E-state index in [0.717, 1.165) is 5.69 Å². The predicted octanol–water partition coefficient (Wildman–Crippen LogP) is 5.35. The summed E-state index contributed by atoms with van der Waals surface area (Å²) in [5, 5.41) is 8.49. The molecule has 0 saturated carbocycles. The number of aromatic nitrogens is 1. The Hall–Kier alpha value is -4.66. The van der Waals surface area contributed by atoms with Gasteiger partial charge in [-0.15, -0.1) is 0 Å². The molecule has 0 amide bonds. The van der Waals surface area contributed by atoms with Crippen LogP contribution in [-0.4, -0.2) is 49.7 Å². The summed E-state index contributed by atoms with van der Waals surface area (Å²) < 4.78 is 15.9. The van der Waals surface area contributed by atoms with Crippen molar-refractivity contribution in [3.8, 4) is 11.3 Å². The first-order valence-corrected chi connectivity index (χ1v) is 13.0. The molecule has 1 aromatic heterocycles. The molecule has 2 aliphatic rings. The molecule has 9 nitrogen and oxygen atoms in total. The number of ketones is 1. The topological polar surface area (TPSA) is 111 Å². The third kappa shape index (κ3) is 4.20. The number of hydrogen-bond donors (Lipinski definition) is 1. The molecule has 1 N–H and O–H groups in total. The molecule has 1 fully saturated rings. The maximum atomic E-state index is 13.8. The summed E-state index contributed by atoms with van der Waals surface area (Å²) in [6, 6.07) is 16.2. The van der Waals surface area contributed by atoms with Gasteiger partial charge in [-0.05, 0) is 50.1 Å². The second kappa shape index (κ2) is 9.90. The van der Waals surface area contributed by atoms with Crippen LogP contribution in [0.2, 0.25) is 0 Å². The Morgan fingerprint density at radius 1 is 1.08 bits per heavy atom. The number of methoxy groups -OCH3 is 1. The molecule has 1 saturated heterocycles. The van der Waals surface area contributed by atoms with Crippen molar-refractivity contribution in [1.29, 1.82) is 0 Å². The minimum absolute atomic E-state index is 0.118. The molecule has 3 aromatic carbocycles. The number of fused-ring (bicyclic) bond motifs is 2. The third-order valence-electron chi connectivity index (χ3n) is 7.42. The van der Waals surface area contributed by atoms with Gasteiger partial charge in [-0.3, -0.25) is 9.59 Å². The molecule has 198 valence electrons. The maximum Gasteiger partial charge on any atom is 0.337 e. The molecule has 0 spiro atoms. The summed E-state index contributed by atoms with van der Waals surface area (Å²) in [6.07, 6.45) is 1.32. The highest BCUT2D eigenvalue weighted by molar-refractivity contribution is 6.28. The van der Waals surface area contributed by atoms with Crippen molar-refractivity contribution < 1.29 is 28.4 Å². The highest BCUT2D eigenvalue weighted by atomic mass is 16.5. The Kier molecular flexibility index (Phi) is 6.26. The SMILES string of the molecule is CCOC(=O)C1CCN(c2cc(Nc3ccc(C(=O)OC)cc3)c3c4c(onc24)-c2ccccc2C3=O)CC1. The quantitative estimate of drug-likeness (QED) is 0.293. The zero-order valence-corrected chi connectivity index (χ0v) is 21.7. The van der Waals surface area contributed by atoms with Gasteiger partial charge in [0.1, 0.15) is 5.52 Å². The summed E-state index contributed by atoms with van der Waals surface area (Å²) in [7, 11) is 1.34. The van der Waals surface area contributed by atoms with E-state index in [0.29, 0.717) is 82.8 Å². The minimum Gasteiger partial charge on any atom is -0.466 e. The average Bonchev–Trinajstić information content (AvgIpc) is 3.42. The Balaban J connectivity index is 1.44. The van der Waals surface area contributed by atoms with Crippen molar-refractivity contribution >= 4 is 45.7 Å². The van der Waals surface area contributed by atoms with Crippen LogP contribution in [0.4, 0.5) is 17.1 Å². The molecule has 0 radical (unpaired) electrons. The van der Waals surface area contributed by atoms with Gasteiger partial charge in [0.2, 0.25) is 0 Å². The lowest BCUT2D eigenvalue weighted by molar-refractivity contribution is -0.148. The van der Waals surface area contributed by atoms with E-state index in [4.69, 9.17) is 14.0 Å². The second-order valence-electron chi connectivity index (χ2n) is 9.64. The molecule has 6 rings (SSSR count). The summed E-state index contributed by atoms with van der Waals surface area (Å²) >= 11 is 0. The number of benzene rings is 3. The van der Waals surface area contributed by atoms with E-state index in [1.807, 2.05) is 31.2 Å². The van der Waals surface area contributed by atoms with Crippen molar-refractivity contribution in [2.75, 3.05) is 37.0 Å². The van der Waals surface area contributed by atoms with Crippen LogP contribution in [0.5, 0.6) is 0 Å². The van der Waals surface area contributed by atoms with Gasteiger partial charge in [-0.2, -0.15) is 0 Å². The Bertz CT molecular complexity index is 1600. The van der Waals surface area contributed by atoms with Gasteiger partial charge >= 0.3 is 11.9 Å². The molecule has 39 heavy (non-hydrogen) atoms. The van der Waals surface area contributed by atoms with Crippen molar-refractivity contribution in [3.63, 3.8) is 0 Å². The van der Waals surface area contributed by atoms with E-state index in [1.165, 1.54) is 7.11 Å². The van der Waals surface area contributed by atoms with Gasteiger partial charge in [0.25, 0.3) is 0 Å². The molecule has 0 atom stereocenters. The fraction of sp³-hybridized carbons (Fsp3) is 0.267. The second-order valence-corrected chi connectivity index (χ2v) is 9.64. The van der Waals surface area contributed by atoms with E-state index in [1.54, 1.807) is 30.3 Å². The van der Waals surface area contributed by atoms with E-state index < -0.39 is 5.97 Å². The van der Waals surface area contributed by atoms with E-state index in [2.05, 4.69) is 15.4 Å². The van der Waals surface area contributed by atoms with Crippen LogP contribution in [0.1, 0.15) is 46.0 Å². The molecule has 4 aromatic rings. The molecule has 0 unspecified atom stereocenters. The van der Waals surface area contributed by atoms with Crippen molar-refractivity contribution in [3.05, 3.63) is 71.3 Å². The van der Waals surface area contributed by atoms with Crippen LogP contribution in [0, 0.1) is 5.92 Å². The number of piperidine rings is 1. The van der Waals surface area contributed by atoms with Crippen molar-refractivity contribution in [1.82, 2.24) is 5.16 Å². The fourth-order valence-electron chi connectivity index (χ4n) is 5.46. The highest BCUT2D eigenvalue weighted by Gasteiger charge is 2.35. The first-order chi connectivity index (χ1) is 19.0. The molecular weight excluding hydrogens is 498 g/mol. The maximum absolute atomic E-state index is 13.8. The van der Waals surface area contributed by atoms with E-state index >= 15 is 0 Å². The van der Waals surface area contributed by atoms with Gasteiger partial charge in [0.05, 0.1) is 47.5 Å². The number of rotatable bonds is 6. The Morgan fingerprint density at radius 2 is 1.79 bits per heavy atom. The first-order valence-electron chi connectivity index (χ1n) is 13.0. The van der Waals surface area contributed by atoms with Crippen LogP contribution < -0.4 is 10.2 Å². The molecule has 9 heteroatoms. The van der Waals surface area contributed by atoms with Gasteiger partial charge in [-0.25, -0.2) is 4.79 Å². The van der Waals surface area contributed by atoms with Crippen molar-refractivity contribution in [2.24, 2.45) is 5.92 Å². The number of carbonyl (C=O) groups is 3. The Morgan fingerprint density at radius 3 is 2.49 bits per heavy atom. The van der Waals surface area contributed by atoms with E-state index in [-0.39, 0.29) is 17.7 Å². The molecule has 1 aliphatic heterocycles. The third-order valence-corrected chi connectivity index (χ3v) is 7.42. The first kappa shape index (κ1) is 24.7. The van der Waals surface area contributed by atoms with Crippen molar-refractivity contribution in [2.45, 2.75) is 19.8 Å². The van der Waals surface area contributed by atoms with Crippen LogP contribution >= 0.6 is 0 Å². The van der Waals surface area contributed by atoms with Gasteiger partial charge in [0, 0.05) is 29.9 Å². The standard InChI is InChI=1S/C30H27N3O6/c1-3-38-30(36)18-12-14-33(15-13-18)23-16-22(31-19-10-8-17(9-11-19)29(35)37-2)24-25-26(23)32-39-28(25)21-7-5-4-6-20(21)27(24)34/h4-11,16,18,31H,3,12-15H2,1-2H3. The van der Waals surface area contributed by atoms with E-state index in [9.17, 15) is 14.4 Å². The van der Waals surface area contributed by atoms with Gasteiger partial charge in [0.15, 0.2) is 11.5 Å². The average molecular weight is 526 g/mol. The smallest absolute Gasteiger partial charge is 0.337 e. The molecule has 1 aliphatic carbocycles. The lowest BCUT2D eigenvalue weighted by Crippen LogP contribution is -2.37. The zero-order chi connectivity index (χ0) is 27.1. The zero-order valence-electron chi connectivity index (χ0n) is 21.7. The Labute approximate surface area is 224 Å². The molecule has 2 heterocycles. The summed E-state index contributed by atoms with van der Waals surface area (Å²) in [6.45, 7) is 3.46. The number of hydrogen-bond acceptors (Lipinski definition) is 9. The summed E-state index contributed by atoms with van der Waals surface area (Å²) in [5.74, 6) is -0.277. The minimum atomic E-state index is -0.424. The fourth-order valence-corrected chi connectivity index (χ4v) is 5.46. The number of nitrogens with one attached hydrogen (secondary N) is 1. The predicted molar refractivity (Wildman–Crippen MR) is 146 cm³/mol. The number of nitrogens with zero attached hydrogens (tertiary/aromatic N) is 2. The number of carbonyl (C=O) groups excluding carboxylic acids is 3. The summed E-state index contributed by atoms with van der Waals surface area (Å²) in [4.78, 5) is 40.2. The van der Waals surface area contributed by atoms with Gasteiger partial charge in [-0.1, -0.05) is 29.4 Å². The largest absolute Gasteiger partial charge is 0.466 e. The van der Waals surface area contributed by atoms with Gasteiger partial charge < -0.3 is 24.2 Å². The number of anilines is 3. The van der Waals surface area contributed by atoms with Crippen LogP contribution in [0.3, 0.4) is 0 Å².